The van der Waals surface area contributed by atoms with Gasteiger partial charge >= 0.3 is 48.2 Å². The fourth-order valence-corrected chi connectivity index (χ4v) is 10.2. The number of nitrogens with one attached hydrogen (secondary N) is 5. The van der Waals surface area contributed by atoms with E-state index in [0.29, 0.717) is 63.5 Å². The quantitative estimate of drug-likeness (QED) is 0.0324. The summed E-state index contributed by atoms with van der Waals surface area (Å²) in [6, 6.07) is 27.7. The van der Waals surface area contributed by atoms with Gasteiger partial charge in [0.2, 0.25) is 0 Å². The molecule has 1 amide bonds. The minimum absolute atomic E-state index is 0. The maximum atomic E-state index is 13.0. The largest absolute Gasteiger partial charge is 2.00 e. The normalized spacial score (nSPS) is 22.6. The molecule has 0 spiro atoms. The Kier molecular flexibility index (Phi) is 25.5. The van der Waals surface area contributed by atoms with Gasteiger partial charge in [0.1, 0.15) is 29.4 Å². The van der Waals surface area contributed by atoms with E-state index in [1.165, 1.54) is 5.57 Å². The number of amides is 1. The molecule has 8 rings (SSSR count). The van der Waals surface area contributed by atoms with Crippen molar-refractivity contribution in [2.75, 3.05) is 10.9 Å². The fraction of sp³-hybridized carbons (Fsp3) is 0.333. The zero-order valence-corrected chi connectivity index (χ0v) is 46.3. The van der Waals surface area contributed by atoms with Gasteiger partial charge < -0.3 is 77.3 Å². The van der Waals surface area contributed by atoms with Crippen molar-refractivity contribution in [2.45, 2.75) is 71.3 Å². The summed E-state index contributed by atoms with van der Waals surface area (Å²) in [7, 11) is 0. The number of allylic oxidation sites excluding steroid dienone is 1. The molecule has 13 N–H and O–H groups in total. The Labute approximate surface area is 467 Å². The second-order valence-electron chi connectivity index (χ2n) is 17.6. The predicted molar refractivity (Wildman–Crippen MR) is 253 cm³/mol. The molecule has 0 bridgehead atoms. The molecule has 23 heteroatoms. The molecule has 17 nitrogen and oxygen atoms in total. The number of amidine groups is 4. The zero-order valence-electron chi connectivity index (χ0n) is 38.7. The molecule has 0 unspecified atom stereocenters. The Balaban J connectivity index is 0.000000800. The fourth-order valence-electron chi connectivity index (χ4n) is 10.2. The van der Waals surface area contributed by atoms with Gasteiger partial charge in [0.05, 0.1) is 22.7 Å². The molecule has 4 aliphatic rings. The summed E-state index contributed by atoms with van der Waals surface area (Å²) in [5.41, 5.74) is 34.7. The van der Waals surface area contributed by atoms with Crippen molar-refractivity contribution in [3.8, 4) is 0 Å². The van der Waals surface area contributed by atoms with E-state index in [9.17, 15) is 9.59 Å². The van der Waals surface area contributed by atoms with Crippen molar-refractivity contribution < 1.29 is 106 Å². The van der Waals surface area contributed by atoms with E-state index in [1.54, 1.807) is 97.1 Å². The molecule has 4 aromatic rings. The van der Waals surface area contributed by atoms with E-state index in [1.807, 2.05) is 6.08 Å². The number of aliphatic imine (C=N–C) groups is 1. The predicted octanol–water partition coefficient (Wildman–Crippen LogP) is -2.80. The first kappa shape index (κ1) is 64.0. The smallest absolute Gasteiger partial charge is 1.00 e. The number of fused-ring (bicyclic) bond motifs is 5. The van der Waals surface area contributed by atoms with Crippen LogP contribution in [-0.4, -0.2) is 41.3 Å². The zero-order chi connectivity index (χ0) is 46.3. The summed E-state index contributed by atoms with van der Waals surface area (Å²) in [6.45, 7) is 4.69. The number of hydrogen-bond acceptors (Lipinski definition) is 10. The minimum atomic E-state index is -0.646. The molecule has 6 atom stereocenters. The number of halogens is 4. The molecule has 4 aromatic carbocycles. The van der Waals surface area contributed by atoms with Crippen molar-refractivity contribution in [1.82, 2.24) is 0 Å². The number of anilines is 2. The van der Waals surface area contributed by atoms with Crippen LogP contribution in [0.25, 0.3) is 0 Å². The molecule has 3 saturated carbocycles. The van der Waals surface area contributed by atoms with E-state index in [-0.39, 0.29) is 138 Å². The maximum absolute atomic E-state index is 13.0. The number of carbonyl (C=O) groups excluding carboxylic acids is 2. The minimum Gasteiger partial charge on any atom is -1.00 e. The first-order valence-electron chi connectivity index (χ1n) is 21.7. The third kappa shape index (κ3) is 15.5. The number of nitrogens with zero attached hydrogens (tertiary/aromatic N) is 5. The Morgan fingerprint density at radius 2 is 1.06 bits per heavy atom. The maximum Gasteiger partial charge on any atom is 2.00 e. The van der Waals surface area contributed by atoms with Crippen molar-refractivity contribution in [3.63, 3.8) is 0 Å². The van der Waals surface area contributed by atoms with Crippen molar-refractivity contribution in [1.29, 1.82) is 16.2 Å². The summed E-state index contributed by atoms with van der Waals surface area (Å²) >= 11 is 0. The van der Waals surface area contributed by atoms with Crippen LogP contribution in [0.15, 0.2) is 134 Å². The van der Waals surface area contributed by atoms with Crippen LogP contribution in [0.4, 0.5) is 27.5 Å². The number of benzene rings is 4. The average molecular weight is 1410 g/mol. The number of carbonyl (C=O) groups is 2. The van der Waals surface area contributed by atoms with E-state index in [0.717, 1.165) is 50.6 Å². The monoisotopic (exact) mass is 1410 g/mol. The number of ether oxygens (including phenoxy) is 1. The van der Waals surface area contributed by atoms with Crippen LogP contribution in [0, 0.1) is 44.8 Å². The molecule has 0 radical (unpaired) electrons. The molecular formula is C48H56Cl4N14O3Pt2. The van der Waals surface area contributed by atoms with E-state index < -0.39 is 6.09 Å². The van der Waals surface area contributed by atoms with E-state index in [4.69, 9.17) is 43.9 Å². The topological polar surface area (TPSA) is 305 Å². The van der Waals surface area contributed by atoms with Gasteiger partial charge in [0, 0.05) is 34.1 Å². The van der Waals surface area contributed by atoms with Gasteiger partial charge in [0.25, 0.3) is 0 Å². The number of nitrogen functional groups attached to an aromatic ring is 3. The van der Waals surface area contributed by atoms with Crippen LogP contribution in [0.3, 0.4) is 0 Å². The summed E-state index contributed by atoms with van der Waals surface area (Å²) in [5.74, 6) is 2.12. The third-order valence-electron chi connectivity index (χ3n) is 13.8. The van der Waals surface area contributed by atoms with Gasteiger partial charge in [-0.05, 0) is 171 Å². The van der Waals surface area contributed by atoms with E-state index >= 15 is 0 Å². The number of ketones is 1. The molecule has 0 aliphatic heterocycles. The van der Waals surface area contributed by atoms with Gasteiger partial charge in [-0.1, -0.05) is 29.9 Å². The molecule has 0 aromatic heterocycles. The van der Waals surface area contributed by atoms with Crippen LogP contribution < -0.4 is 83.4 Å². The Hall–Kier alpha value is -5.02. The summed E-state index contributed by atoms with van der Waals surface area (Å²) < 4.78 is 6.02. The van der Waals surface area contributed by atoms with Gasteiger partial charge in [-0.15, -0.1) is 10.2 Å². The Morgan fingerprint density at radius 3 is 1.52 bits per heavy atom. The first-order valence-corrected chi connectivity index (χ1v) is 21.7. The second-order valence-corrected chi connectivity index (χ2v) is 17.6. The SMILES string of the molecule is C[C@]12CC[C@H]3[C@@H](CCC4=CC(=O)CC[C@@]43C)[C@@H]1CC[C@@H]2OC(=O)/N=C(\N)c1ccc(N=NNc2ccc(C(=N)N)cc2)cc1.N=C(N)c1ccc(N=NNc2ccc(C(=N)N)cc2)cc1.[Cl-].[Cl-].[Cl-].[Cl-].[Pt+2].[Pt+2]. The van der Waals surface area contributed by atoms with Gasteiger partial charge in [-0.2, -0.15) is 4.99 Å². The van der Waals surface area contributed by atoms with Crippen LogP contribution in [0.2, 0.25) is 0 Å². The van der Waals surface area contributed by atoms with Crippen LogP contribution >= 0.6 is 0 Å². The van der Waals surface area contributed by atoms with Gasteiger partial charge in [0.15, 0.2) is 5.78 Å². The van der Waals surface area contributed by atoms with E-state index in [2.05, 4.69) is 50.4 Å². The molecule has 0 saturated heterocycles. The summed E-state index contributed by atoms with van der Waals surface area (Å²) in [6.07, 6.45) is 8.89. The van der Waals surface area contributed by atoms with Gasteiger partial charge in [-0.25, -0.2) is 4.79 Å². The number of rotatable bonds is 11. The first-order chi connectivity index (χ1) is 31.1. The van der Waals surface area contributed by atoms with Crippen LogP contribution in [0.1, 0.15) is 87.5 Å². The summed E-state index contributed by atoms with van der Waals surface area (Å²) in [5, 5.41) is 38.0. The molecular weight excluding hydrogens is 1350 g/mol. The third-order valence-corrected chi connectivity index (χ3v) is 13.8. The average Bonchev–Trinajstić information content (AvgIpc) is 3.62. The van der Waals surface area contributed by atoms with Gasteiger partial charge in [-0.3, -0.25) is 31.9 Å². The molecule has 384 valence electrons. The molecule has 3 fully saturated rings. The Morgan fingerprint density at radius 1 is 0.606 bits per heavy atom. The van der Waals surface area contributed by atoms with Crippen LogP contribution in [0.5, 0.6) is 0 Å². The Bertz CT molecular complexity index is 2590. The standard InChI is InChI=1S/C34H41N7O3.C14H15N7.4ClH.2Pt/c1-33-17-15-25(42)19-22(33)7-12-26-27-13-14-29(34(27,2)18-16-28(26)33)44-32(43)38-31(37)21-5-10-24(11-6-21)40-41-39-23-8-3-20(4-9-23)30(35)36;15-13(16)9-1-5-11(6-2-9)19-21-20-12-7-3-10(4-8-12)14(17)18;;;;;;/h3-6,8-11,19,26-29H,7,12-18H2,1-2H3,(H3,35,36)(H,39,40)(H2,37,38,43);1-8H,(H3,15,16)(H3,17,18)(H,19,20);4*1H;;/q;;;;;;2*+2/p-4/t26-,27-,28-,29-,33-,34-;;;;;;;/m0......./s1. The number of nitrogens with two attached hydrogens (primary N) is 4. The van der Waals surface area contributed by atoms with Crippen molar-refractivity contribution in [2.24, 2.45) is 77.2 Å². The van der Waals surface area contributed by atoms with Crippen LogP contribution in [-0.2, 0) is 51.7 Å². The molecule has 71 heavy (non-hydrogen) atoms. The molecule has 0 heterocycles. The number of hydrogen-bond donors (Lipinski definition) is 9. The summed E-state index contributed by atoms with van der Waals surface area (Å²) in [4.78, 5) is 29.2. The van der Waals surface area contributed by atoms with Crippen molar-refractivity contribution in [3.05, 3.63) is 131 Å². The second kappa shape index (κ2) is 28.3. The van der Waals surface area contributed by atoms with Crippen molar-refractivity contribution >= 4 is 58.0 Å². The molecule has 4 aliphatic carbocycles.